The number of carbonyl (C=O) groups is 1. The van der Waals surface area contributed by atoms with Crippen LogP contribution in [0.3, 0.4) is 0 Å². The molecule has 0 saturated carbocycles. The highest BCUT2D eigenvalue weighted by Gasteiger charge is 2.43. The molecule has 0 bridgehead atoms. The zero-order chi connectivity index (χ0) is 23.2. The lowest BCUT2D eigenvalue weighted by molar-refractivity contribution is 0.0724. The lowest BCUT2D eigenvalue weighted by Gasteiger charge is -2.26. The quantitative estimate of drug-likeness (QED) is 0.445. The Morgan fingerprint density at radius 1 is 1.16 bits per heavy atom. The predicted molar refractivity (Wildman–Crippen MR) is 127 cm³/mol. The topological polar surface area (TPSA) is 80.0 Å². The van der Waals surface area contributed by atoms with Gasteiger partial charge in [-0.15, -0.1) is 0 Å². The fraction of sp³-hybridized carbons (Fsp3) is 0.360. The molecule has 0 aliphatic carbocycles. The molecule has 7 heteroatoms. The molecule has 1 aromatic heterocycles. The number of fused-ring (bicyclic) bond motifs is 2. The van der Waals surface area contributed by atoms with Gasteiger partial charge in [-0.05, 0) is 71.1 Å². The van der Waals surface area contributed by atoms with Gasteiger partial charge in [0.15, 0.2) is 16.9 Å². The highest BCUT2D eigenvalue weighted by molar-refractivity contribution is 9.10. The summed E-state index contributed by atoms with van der Waals surface area (Å²) in [5.41, 5.74) is 3.03. The van der Waals surface area contributed by atoms with E-state index in [-0.39, 0.29) is 28.6 Å². The standard InChI is InChI=1S/C25H26BrNO5/c1-5-6-7-8-27-21(15-11-16(26)22(28)18(12-15)31-4)20-23(29)19-14(3)9-13(2)10-17(19)32-24(20)25(27)30/h9-12,21,28H,5-8H2,1-4H3. The molecule has 1 N–H and O–H groups in total. The zero-order valence-corrected chi connectivity index (χ0v) is 20.2. The van der Waals surface area contributed by atoms with Crippen LogP contribution in [0.5, 0.6) is 11.5 Å². The molecular weight excluding hydrogens is 474 g/mol. The molecule has 4 rings (SSSR count). The molecule has 0 saturated heterocycles. The predicted octanol–water partition coefficient (Wildman–Crippen LogP) is 5.62. The Morgan fingerprint density at radius 2 is 1.91 bits per heavy atom. The van der Waals surface area contributed by atoms with Gasteiger partial charge in [-0.1, -0.05) is 25.8 Å². The number of amides is 1. The number of aromatic hydroxyl groups is 1. The second kappa shape index (κ2) is 8.62. The van der Waals surface area contributed by atoms with Gasteiger partial charge in [-0.25, -0.2) is 0 Å². The average Bonchev–Trinajstić information content (AvgIpc) is 3.02. The first kappa shape index (κ1) is 22.4. The fourth-order valence-corrected chi connectivity index (χ4v) is 4.99. The average molecular weight is 500 g/mol. The van der Waals surface area contributed by atoms with Crippen LogP contribution in [-0.2, 0) is 0 Å². The molecule has 0 spiro atoms. The summed E-state index contributed by atoms with van der Waals surface area (Å²) in [6.07, 6.45) is 2.80. The minimum absolute atomic E-state index is 0.0322. The smallest absolute Gasteiger partial charge is 0.290 e. The van der Waals surface area contributed by atoms with Gasteiger partial charge in [0.2, 0.25) is 5.76 Å². The Kier molecular flexibility index (Phi) is 6.03. The van der Waals surface area contributed by atoms with Crippen molar-refractivity contribution in [3.8, 4) is 11.5 Å². The SMILES string of the molecule is CCCCCN1C(=O)c2oc3cc(C)cc(C)c3c(=O)c2C1c1cc(Br)c(O)c(OC)c1. The van der Waals surface area contributed by atoms with Crippen LogP contribution in [0.2, 0.25) is 0 Å². The molecule has 3 aromatic rings. The third kappa shape index (κ3) is 3.58. The Hall–Kier alpha value is -2.80. The van der Waals surface area contributed by atoms with E-state index < -0.39 is 6.04 Å². The Balaban J connectivity index is 1.99. The molecule has 32 heavy (non-hydrogen) atoms. The van der Waals surface area contributed by atoms with E-state index in [0.29, 0.717) is 33.1 Å². The summed E-state index contributed by atoms with van der Waals surface area (Å²) in [6, 6.07) is 6.51. The van der Waals surface area contributed by atoms with Crippen LogP contribution in [0.4, 0.5) is 0 Å². The number of benzene rings is 2. The molecule has 1 unspecified atom stereocenters. The molecule has 0 fully saturated rings. The van der Waals surface area contributed by atoms with Crippen LogP contribution in [0, 0.1) is 13.8 Å². The normalized spacial score (nSPS) is 15.5. The molecule has 1 amide bonds. The van der Waals surface area contributed by atoms with Gasteiger partial charge < -0.3 is 19.2 Å². The number of ether oxygens (including phenoxy) is 1. The van der Waals surface area contributed by atoms with E-state index in [0.717, 1.165) is 30.4 Å². The lowest BCUT2D eigenvalue weighted by Crippen LogP contribution is -2.30. The van der Waals surface area contributed by atoms with E-state index in [1.807, 2.05) is 19.9 Å². The third-order valence-corrected chi connectivity index (χ3v) is 6.61. The molecule has 1 aliphatic rings. The van der Waals surface area contributed by atoms with Crippen LogP contribution >= 0.6 is 15.9 Å². The maximum Gasteiger partial charge on any atom is 0.290 e. The summed E-state index contributed by atoms with van der Waals surface area (Å²) in [6.45, 7) is 6.41. The fourth-order valence-electron chi connectivity index (χ4n) is 4.53. The number of aryl methyl sites for hydroxylation is 2. The molecule has 2 heterocycles. The number of methoxy groups -OCH3 is 1. The van der Waals surface area contributed by atoms with E-state index in [2.05, 4.69) is 22.9 Å². The van der Waals surface area contributed by atoms with E-state index in [1.165, 1.54) is 7.11 Å². The number of nitrogens with zero attached hydrogens (tertiary/aromatic N) is 1. The maximum atomic E-state index is 13.7. The number of carbonyl (C=O) groups excluding carboxylic acids is 1. The van der Waals surface area contributed by atoms with Gasteiger partial charge in [0.1, 0.15) is 5.58 Å². The summed E-state index contributed by atoms with van der Waals surface area (Å²) in [4.78, 5) is 28.9. The highest BCUT2D eigenvalue weighted by Crippen LogP contribution is 2.43. The van der Waals surface area contributed by atoms with E-state index >= 15 is 0 Å². The minimum Gasteiger partial charge on any atom is -0.503 e. The first-order chi connectivity index (χ1) is 15.3. The molecule has 6 nitrogen and oxygen atoms in total. The Morgan fingerprint density at radius 3 is 2.59 bits per heavy atom. The van der Waals surface area contributed by atoms with Crippen LogP contribution in [0.1, 0.15) is 65.0 Å². The van der Waals surface area contributed by atoms with Gasteiger partial charge in [0.25, 0.3) is 5.91 Å². The summed E-state index contributed by atoms with van der Waals surface area (Å²) in [5.74, 6) is 0.0375. The summed E-state index contributed by atoms with van der Waals surface area (Å²) in [7, 11) is 1.46. The third-order valence-electron chi connectivity index (χ3n) is 6.00. The summed E-state index contributed by atoms with van der Waals surface area (Å²) < 4.78 is 11.8. The molecule has 2 aromatic carbocycles. The van der Waals surface area contributed by atoms with Crippen LogP contribution in [0.25, 0.3) is 11.0 Å². The van der Waals surface area contributed by atoms with Gasteiger partial charge in [-0.2, -0.15) is 0 Å². The number of unbranched alkanes of at least 4 members (excludes halogenated alkanes) is 2. The van der Waals surface area contributed by atoms with Crippen molar-refractivity contribution >= 4 is 32.8 Å². The van der Waals surface area contributed by atoms with Crippen LogP contribution in [0.15, 0.2) is 37.9 Å². The molecule has 0 radical (unpaired) electrons. The Labute approximate surface area is 194 Å². The maximum absolute atomic E-state index is 13.7. The van der Waals surface area contributed by atoms with Crippen molar-refractivity contribution in [2.45, 2.75) is 46.1 Å². The largest absolute Gasteiger partial charge is 0.503 e. The van der Waals surface area contributed by atoms with Crippen molar-refractivity contribution in [2.75, 3.05) is 13.7 Å². The van der Waals surface area contributed by atoms with Crippen molar-refractivity contribution in [3.05, 3.63) is 67.0 Å². The van der Waals surface area contributed by atoms with E-state index in [1.54, 1.807) is 23.1 Å². The summed E-state index contributed by atoms with van der Waals surface area (Å²) >= 11 is 3.37. The number of hydrogen-bond donors (Lipinski definition) is 1. The number of hydrogen-bond acceptors (Lipinski definition) is 5. The molecular formula is C25H26BrNO5. The van der Waals surface area contributed by atoms with Crippen molar-refractivity contribution in [3.63, 3.8) is 0 Å². The number of phenolic OH excluding ortho intramolecular Hbond substituents is 1. The van der Waals surface area contributed by atoms with Crippen LogP contribution < -0.4 is 10.2 Å². The molecule has 1 atom stereocenters. The summed E-state index contributed by atoms with van der Waals surface area (Å²) in [5, 5.41) is 10.8. The second-order valence-corrected chi connectivity index (χ2v) is 9.15. The monoisotopic (exact) mass is 499 g/mol. The lowest BCUT2D eigenvalue weighted by atomic mass is 9.96. The first-order valence-corrected chi connectivity index (χ1v) is 11.5. The zero-order valence-electron chi connectivity index (χ0n) is 18.6. The van der Waals surface area contributed by atoms with Gasteiger partial charge in [0.05, 0.1) is 28.6 Å². The number of halogens is 1. The second-order valence-electron chi connectivity index (χ2n) is 8.29. The Bertz CT molecular complexity index is 1280. The van der Waals surface area contributed by atoms with Crippen molar-refractivity contribution in [1.29, 1.82) is 0 Å². The van der Waals surface area contributed by atoms with Gasteiger partial charge >= 0.3 is 0 Å². The number of phenols is 1. The molecule has 1 aliphatic heterocycles. The van der Waals surface area contributed by atoms with Gasteiger partial charge in [0, 0.05) is 6.54 Å². The molecule has 168 valence electrons. The number of rotatable bonds is 6. The van der Waals surface area contributed by atoms with Crippen LogP contribution in [-0.4, -0.2) is 29.6 Å². The van der Waals surface area contributed by atoms with E-state index in [4.69, 9.17) is 9.15 Å². The van der Waals surface area contributed by atoms with Crippen molar-refractivity contribution < 1.29 is 19.1 Å². The van der Waals surface area contributed by atoms with Gasteiger partial charge in [-0.3, -0.25) is 9.59 Å². The minimum atomic E-state index is -0.624. The van der Waals surface area contributed by atoms with Crippen molar-refractivity contribution in [2.24, 2.45) is 0 Å². The van der Waals surface area contributed by atoms with E-state index in [9.17, 15) is 14.7 Å². The highest BCUT2D eigenvalue weighted by atomic mass is 79.9. The van der Waals surface area contributed by atoms with Crippen molar-refractivity contribution in [1.82, 2.24) is 4.90 Å². The first-order valence-electron chi connectivity index (χ1n) is 10.7.